The van der Waals surface area contributed by atoms with Gasteiger partial charge >= 0.3 is 5.97 Å². The lowest BCUT2D eigenvalue weighted by Gasteiger charge is -2.09. The minimum atomic E-state index is -1.09. The first-order valence-electron chi connectivity index (χ1n) is 6.52. The van der Waals surface area contributed by atoms with Gasteiger partial charge in [-0.15, -0.1) is 0 Å². The lowest BCUT2D eigenvalue weighted by molar-refractivity contribution is -0.140. The molecule has 1 aromatic rings. The van der Waals surface area contributed by atoms with Gasteiger partial charge in [0.25, 0.3) is 5.91 Å². The number of aliphatic carboxylic acids is 1. The van der Waals surface area contributed by atoms with E-state index in [0.29, 0.717) is 22.5 Å². The summed E-state index contributed by atoms with van der Waals surface area (Å²) in [4.78, 5) is 24.3. The van der Waals surface area contributed by atoms with E-state index in [0.717, 1.165) is 28.8 Å². The molecule has 2 atom stereocenters. The van der Waals surface area contributed by atoms with Crippen molar-refractivity contribution in [3.05, 3.63) is 28.6 Å². The zero-order chi connectivity index (χ0) is 15.1. The van der Waals surface area contributed by atoms with Crippen LogP contribution in [-0.2, 0) is 9.59 Å². The molecule has 2 heterocycles. The van der Waals surface area contributed by atoms with Crippen LogP contribution in [0.3, 0.4) is 0 Å². The molecule has 0 radical (unpaired) electrons. The summed E-state index contributed by atoms with van der Waals surface area (Å²) in [7, 11) is 0. The van der Waals surface area contributed by atoms with Gasteiger partial charge in [0.1, 0.15) is 22.4 Å². The fourth-order valence-electron chi connectivity index (χ4n) is 2.26. The van der Waals surface area contributed by atoms with Crippen molar-refractivity contribution in [3.8, 4) is 0 Å². The highest BCUT2D eigenvalue weighted by Crippen LogP contribution is 2.47. The monoisotopic (exact) mass is 323 g/mol. The van der Waals surface area contributed by atoms with Crippen LogP contribution in [0.2, 0.25) is 0 Å². The van der Waals surface area contributed by atoms with Crippen LogP contribution in [0.25, 0.3) is 6.08 Å². The van der Waals surface area contributed by atoms with Gasteiger partial charge < -0.3 is 9.52 Å². The van der Waals surface area contributed by atoms with Crippen LogP contribution >= 0.6 is 24.0 Å². The van der Waals surface area contributed by atoms with Crippen LogP contribution in [0.4, 0.5) is 0 Å². The Labute approximate surface area is 131 Å². The second kappa shape index (κ2) is 5.31. The normalized spacial score (nSPS) is 26.7. The quantitative estimate of drug-likeness (QED) is 0.678. The molecule has 21 heavy (non-hydrogen) atoms. The molecule has 1 saturated heterocycles. The van der Waals surface area contributed by atoms with Gasteiger partial charge in [0, 0.05) is 12.0 Å². The predicted octanol–water partition coefficient (Wildman–Crippen LogP) is 2.69. The van der Waals surface area contributed by atoms with Gasteiger partial charge in [-0.2, -0.15) is 0 Å². The smallest absolute Gasteiger partial charge is 0.323 e. The van der Waals surface area contributed by atoms with Crippen LogP contribution in [-0.4, -0.2) is 32.7 Å². The fourth-order valence-corrected chi connectivity index (χ4v) is 3.50. The first-order valence-corrected chi connectivity index (χ1v) is 7.75. The minimum Gasteiger partial charge on any atom is -0.480 e. The van der Waals surface area contributed by atoms with E-state index in [1.165, 1.54) is 0 Å². The highest BCUT2D eigenvalue weighted by Gasteiger charge is 2.37. The molecule has 2 fully saturated rings. The zero-order valence-electron chi connectivity index (χ0n) is 11.2. The fraction of sp³-hybridized carbons (Fsp3) is 0.357. The average Bonchev–Trinajstić information content (AvgIpc) is 2.87. The number of carboxylic acids is 1. The summed E-state index contributed by atoms with van der Waals surface area (Å²) in [5, 5.41) is 8.78. The number of furan rings is 1. The number of carbonyl (C=O) groups is 2. The van der Waals surface area contributed by atoms with Crippen LogP contribution in [0.5, 0.6) is 0 Å². The van der Waals surface area contributed by atoms with E-state index in [4.69, 9.17) is 21.7 Å². The van der Waals surface area contributed by atoms with Gasteiger partial charge in [0.15, 0.2) is 0 Å². The van der Waals surface area contributed by atoms with E-state index in [2.05, 4.69) is 6.92 Å². The van der Waals surface area contributed by atoms with E-state index in [1.807, 2.05) is 12.1 Å². The van der Waals surface area contributed by atoms with Crippen LogP contribution < -0.4 is 0 Å². The van der Waals surface area contributed by atoms with Crippen molar-refractivity contribution >= 4 is 46.3 Å². The molecular weight excluding hydrogens is 310 g/mol. The zero-order valence-corrected chi connectivity index (χ0v) is 12.9. The first kappa shape index (κ1) is 14.3. The first-order chi connectivity index (χ1) is 9.95. The Bertz CT molecular complexity index is 664. The number of carbonyl (C=O) groups excluding carboxylic acids is 1. The van der Waals surface area contributed by atoms with Crippen molar-refractivity contribution < 1.29 is 19.1 Å². The molecule has 1 aliphatic heterocycles. The summed E-state index contributed by atoms with van der Waals surface area (Å²) < 4.78 is 5.98. The van der Waals surface area contributed by atoms with Gasteiger partial charge in [-0.05, 0) is 24.5 Å². The predicted molar refractivity (Wildman–Crippen MR) is 82.7 cm³/mol. The van der Waals surface area contributed by atoms with Crippen LogP contribution in [0, 0.1) is 5.92 Å². The molecular formula is C14H13NO4S2. The second-order valence-corrected chi connectivity index (χ2v) is 6.90. The maximum atomic E-state index is 12.1. The van der Waals surface area contributed by atoms with E-state index in [-0.39, 0.29) is 10.2 Å². The Morgan fingerprint density at radius 1 is 1.62 bits per heavy atom. The molecule has 0 bridgehead atoms. The molecule has 1 saturated carbocycles. The number of rotatable bonds is 4. The lowest BCUT2D eigenvalue weighted by atomic mass is 10.3. The van der Waals surface area contributed by atoms with E-state index < -0.39 is 12.5 Å². The molecule has 1 N–H and O–H groups in total. The van der Waals surface area contributed by atoms with Crippen molar-refractivity contribution in [2.45, 2.75) is 19.3 Å². The number of carboxylic acid groups (broad SMARTS) is 1. The number of thioether (sulfide) groups is 1. The van der Waals surface area contributed by atoms with Gasteiger partial charge in [0.05, 0.1) is 4.91 Å². The van der Waals surface area contributed by atoms with Crippen LogP contribution in [0.15, 0.2) is 21.5 Å². The number of amides is 1. The maximum Gasteiger partial charge on any atom is 0.323 e. The number of hydrogen-bond donors (Lipinski definition) is 1. The molecule has 0 spiro atoms. The van der Waals surface area contributed by atoms with Crippen LogP contribution in [0.1, 0.15) is 30.8 Å². The van der Waals surface area contributed by atoms with Gasteiger partial charge in [0.2, 0.25) is 0 Å². The third kappa shape index (κ3) is 2.89. The van der Waals surface area contributed by atoms with Crippen molar-refractivity contribution in [2.75, 3.05) is 6.54 Å². The molecule has 2 unspecified atom stereocenters. The summed E-state index contributed by atoms with van der Waals surface area (Å²) in [6, 6.07) is 3.75. The Balaban J connectivity index is 1.77. The molecule has 5 nitrogen and oxygen atoms in total. The molecule has 0 aromatic carbocycles. The molecule has 110 valence electrons. The summed E-state index contributed by atoms with van der Waals surface area (Å²) in [6.45, 7) is 1.76. The molecule has 1 amide bonds. The average molecular weight is 323 g/mol. The minimum absolute atomic E-state index is 0.260. The number of hydrogen-bond acceptors (Lipinski definition) is 5. The third-order valence-corrected chi connectivity index (χ3v) is 4.94. The van der Waals surface area contributed by atoms with Gasteiger partial charge in [-0.1, -0.05) is 30.9 Å². The molecule has 1 aromatic heterocycles. The summed E-state index contributed by atoms with van der Waals surface area (Å²) in [6.07, 6.45) is 2.76. The Morgan fingerprint density at radius 3 is 2.95 bits per heavy atom. The Kier molecular flexibility index (Phi) is 3.62. The second-order valence-electron chi connectivity index (χ2n) is 5.22. The van der Waals surface area contributed by atoms with Crippen molar-refractivity contribution in [3.63, 3.8) is 0 Å². The van der Waals surface area contributed by atoms with E-state index in [9.17, 15) is 9.59 Å². The van der Waals surface area contributed by atoms with Gasteiger partial charge in [-0.25, -0.2) is 0 Å². The number of nitrogens with zero attached hydrogens (tertiary/aromatic N) is 1. The molecule has 2 aliphatic rings. The van der Waals surface area contributed by atoms with E-state index in [1.54, 1.807) is 6.08 Å². The summed E-state index contributed by atoms with van der Waals surface area (Å²) in [5.74, 6) is 1.20. The van der Waals surface area contributed by atoms with Gasteiger partial charge in [-0.3, -0.25) is 14.5 Å². The highest BCUT2D eigenvalue weighted by atomic mass is 32.2. The highest BCUT2D eigenvalue weighted by molar-refractivity contribution is 8.26. The summed E-state index contributed by atoms with van der Waals surface area (Å²) in [5.41, 5.74) is 0. The standard InChI is InChI=1S/C14H13NO4S2/c1-7-4-9(7)10-3-2-8(19-10)5-11-13(18)15(6-12(16)17)14(20)21-11/h2-3,5,7,9H,4,6H2,1H3,(H,16,17)/b11-5-. The SMILES string of the molecule is CC1CC1c1ccc(/C=C2\SC(=S)N(CC(=O)O)C2=O)o1. The topological polar surface area (TPSA) is 70.8 Å². The molecule has 1 aliphatic carbocycles. The molecule has 3 rings (SSSR count). The molecule has 7 heteroatoms. The van der Waals surface area contributed by atoms with Crippen molar-refractivity contribution in [1.82, 2.24) is 4.90 Å². The largest absolute Gasteiger partial charge is 0.480 e. The van der Waals surface area contributed by atoms with Crippen molar-refractivity contribution in [1.29, 1.82) is 0 Å². The maximum absolute atomic E-state index is 12.1. The lowest BCUT2D eigenvalue weighted by Crippen LogP contribution is -2.33. The summed E-state index contributed by atoms with van der Waals surface area (Å²) >= 11 is 6.13. The Morgan fingerprint density at radius 2 is 2.33 bits per heavy atom. The third-order valence-electron chi connectivity index (χ3n) is 3.56. The van der Waals surface area contributed by atoms with E-state index >= 15 is 0 Å². The van der Waals surface area contributed by atoms with Crippen molar-refractivity contribution in [2.24, 2.45) is 5.92 Å². The number of thiocarbonyl (C=S) groups is 1. The Hall–Kier alpha value is -1.60.